The molecular weight excluding hydrogens is 246 g/mol. The van der Waals surface area contributed by atoms with Gasteiger partial charge in [0, 0.05) is 12.2 Å². The molecule has 0 saturated carbocycles. The molecule has 0 atom stereocenters. The Morgan fingerprint density at radius 3 is 2.30 bits per heavy atom. The summed E-state index contributed by atoms with van der Waals surface area (Å²) in [5.41, 5.74) is 3.79. The number of nitrogens with one attached hydrogen (secondary N) is 1. The lowest BCUT2D eigenvalue weighted by molar-refractivity contribution is 0.333. The summed E-state index contributed by atoms with van der Waals surface area (Å²) in [6.45, 7) is 5.76. The lowest BCUT2D eigenvalue weighted by Gasteiger charge is -2.09. The molecule has 0 aliphatic heterocycles. The first kappa shape index (κ1) is 14.4. The Balaban J connectivity index is 1.71. The van der Waals surface area contributed by atoms with Crippen LogP contribution < -0.4 is 10.1 Å². The van der Waals surface area contributed by atoms with Crippen molar-refractivity contribution < 1.29 is 4.74 Å². The van der Waals surface area contributed by atoms with Crippen molar-refractivity contribution in [3.8, 4) is 5.75 Å². The first-order chi connectivity index (χ1) is 9.78. The van der Waals surface area contributed by atoms with Crippen LogP contribution in [0.1, 0.15) is 24.5 Å². The number of aryl methyl sites for hydroxylation is 2. The van der Waals surface area contributed by atoms with Gasteiger partial charge in [0.25, 0.3) is 0 Å². The maximum Gasteiger partial charge on any atom is 0.119 e. The summed E-state index contributed by atoms with van der Waals surface area (Å²) in [5, 5.41) is 3.35. The van der Waals surface area contributed by atoms with Crippen molar-refractivity contribution in [2.24, 2.45) is 0 Å². The van der Waals surface area contributed by atoms with Crippen molar-refractivity contribution in [1.29, 1.82) is 0 Å². The quantitative estimate of drug-likeness (QED) is 0.750. The minimum atomic E-state index is 0.668. The molecule has 2 rings (SSSR count). The molecule has 2 aromatic carbocycles. The molecule has 0 unspecified atom stereocenters. The summed E-state index contributed by atoms with van der Waals surface area (Å²) < 4.78 is 5.72. The highest BCUT2D eigenvalue weighted by Crippen LogP contribution is 2.13. The zero-order valence-electron chi connectivity index (χ0n) is 12.4. The van der Waals surface area contributed by atoms with Gasteiger partial charge in [0.2, 0.25) is 0 Å². The highest BCUT2D eigenvalue weighted by molar-refractivity contribution is 5.44. The smallest absolute Gasteiger partial charge is 0.119 e. The third kappa shape index (κ3) is 4.61. The number of hydrogen-bond acceptors (Lipinski definition) is 2. The van der Waals surface area contributed by atoms with Crippen LogP contribution in [-0.4, -0.2) is 13.2 Å². The highest BCUT2D eigenvalue weighted by Gasteiger charge is 1.96. The van der Waals surface area contributed by atoms with E-state index in [4.69, 9.17) is 4.74 Å². The monoisotopic (exact) mass is 269 g/mol. The normalized spacial score (nSPS) is 10.3. The van der Waals surface area contributed by atoms with Crippen LogP contribution in [0.15, 0.2) is 48.5 Å². The molecule has 0 radical (unpaired) electrons. The van der Waals surface area contributed by atoms with E-state index in [1.165, 1.54) is 17.5 Å². The van der Waals surface area contributed by atoms with Crippen LogP contribution in [0.25, 0.3) is 0 Å². The minimum Gasteiger partial charge on any atom is -0.492 e. The van der Waals surface area contributed by atoms with Gasteiger partial charge in [-0.25, -0.2) is 0 Å². The van der Waals surface area contributed by atoms with Crippen molar-refractivity contribution in [2.75, 3.05) is 18.5 Å². The van der Waals surface area contributed by atoms with Crippen LogP contribution in [0.2, 0.25) is 0 Å². The second kappa shape index (κ2) is 7.59. The standard InChI is InChI=1S/C18H23NO/c1-3-4-16-7-11-18(12-8-16)20-14-13-19-17-9-5-15(2)6-10-17/h5-12,19H,3-4,13-14H2,1-2H3. The van der Waals surface area contributed by atoms with Gasteiger partial charge in [-0.3, -0.25) is 0 Å². The van der Waals surface area contributed by atoms with Crippen LogP contribution >= 0.6 is 0 Å². The van der Waals surface area contributed by atoms with E-state index in [1.54, 1.807) is 0 Å². The van der Waals surface area contributed by atoms with Crippen LogP contribution in [0.5, 0.6) is 5.75 Å². The lowest BCUT2D eigenvalue weighted by Crippen LogP contribution is -2.11. The average molecular weight is 269 g/mol. The van der Waals surface area contributed by atoms with Crippen molar-refractivity contribution in [3.05, 3.63) is 59.7 Å². The average Bonchev–Trinajstić information content (AvgIpc) is 2.47. The Bertz CT molecular complexity index is 502. The maximum atomic E-state index is 5.72. The molecule has 1 N–H and O–H groups in total. The third-order valence-corrected chi connectivity index (χ3v) is 3.21. The molecule has 2 aromatic rings. The van der Waals surface area contributed by atoms with Gasteiger partial charge in [-0.2, -0.15) is 0 Å². The molecule has 2 heteroatoms. The first-order valence-electron chi connectivity index (χ1n) is 7.30. The number of ether oxygens (including phenoxy) is 1. The zero-order chi connectivity index (χ0) is 14.2. The molecule has 0 aromatic heterocycles. The Labute approximate surface area is 121 Å². The van der Waals surface area contributed by atoms with Crippen LogP contribution in [0, 0.1) is 6.92 Å². The van der Waals surface area contributed by atoms with E-state index >= 15 is 0 Å². The molecule has 0 spiro atoms. The van der Waals surface area contributed by atoms with Gasteiger partial charge in [-0.1, -0.05) is 43.2 Å². The van der Waals surface area contributed by atoms with Crippen molar-refractivity contribution in [3.63, 3.8) is 0 Å². The molecule has 20 heavy (non-hydrogen) atoms. The fourth-order valence-corrected chi connectivity index (χ4v) is 2.08. The molecular formula is C18H23NO. The van der Waals surface area contributed by atoms with Gasteiger partial charge in [-0.05, 0) is 43.2 Å². The summed E-state index contributed by atoms with van der Waals surface area (Å²) in [5.74, 6) is 0.940. The largest absolute Gasteiger partial charge is 0.492 e. The second-order valence-corrected chi connectivity index (χ2v) is 5.04. The second-order valence-electron chi connectivity index (χ2n) is 5.04. The van der Waals surface area contributed by atoms with Gasteiger partial charge in [-0.15, -0.1) is 0 Å². The van der Waals surface area contributed by atoms with Gasteiger partial charge < -0.3 is 10.1 Å². The molecule has 0 aliphatic carbocycles. The van der Waals surface area contributed by atoms with E-state index in [0.717, 1.165) is 24.4 Å². The van der Waals surface area contributed by atoms with E-state index in [9.17, 15) is 0 Å². The van der Waals surface area contributed by atoms with Crippen LogP contribution in [-0.2, 0) is 6.42 Å². The van der Waals surface area contributed by atoms with Crippen LogP contribution in [0.4, 0.5) is 5.69 Å². The Morgan fingerprint density at radius 2 is 1.65 bits per heavy atom. The summed E-state index contributed by atoms with van der Waals surface area (Å²) >= 11 is 0. The zero-order valence-corrected chi connectivity index (χ0v) is 12.4. The molecule has 106 valence electrons. The maximum absolute atomic E-state index is 5.72. The summed E-state index contributed by atoms with van der Waals surface area (Å²) in [6, 6.07) is 16.8. The van der Waals surface area contributed by atoms with E-state index in [1.807, 2.05) is 0 Å². The Hall–Kier alpha value is -1.96. The lowest BCUT2D eigenvalue weighted by atomic mass is 10.1. The van der Waals surface area contributed by atoms with Crippen LogP contribution in [0.3, 0.4) is 0 Å². The molecule has 2 nitrogen and oxygen atoms in total. The Morgan fingerprint density at radius 1 is 0.950 bits per heavy atom. The third-order valence-electron chi connectivity index (χ3n) is 3.21. The molecule has 0 bridgehead atoms. The fraction of sp³-hybridized carbons (Fsp3) is 0.333. The predicted octanol–water partition coefficient (Wildman–Crippen LogP) is 4.44. The van der Waals surface area contributed by atoms with E-state index in [-0.39, 0.29) is 0 Å². The Kier molecular flexibility index (Phi) is 5.48. The molecule has 0 amide bonds. The van der Waals surface area contributed by atoms with Crippen molar-refractivity contribution in [2.45, 2.75) is 26.7 Å². The van der Waals surface area contributed by atoms with Crippen molar-refractivity contribution in [1.82, 2.24) is 0 Å². The van der Waals surface area contributed by atoms with Gasteiger partial charge >= 0.3 is 0 Å². The predicted molar refractivity (Wildman–Crippen MR) is 85.6 cm³/mol. The first-order valence-corrected chi connectivity index (χ1v) is 7.30. The molecule has 0 saturated heterocycles. The van der Waals surface area contributed by atoms with E-state index in [2.05, 4.69) is 67.7 Å². The number of anilines is 1. The van der Waals surface area contributed by atoms with E-state index < -0.39 is 0 Å². The summed E-state index contributed by atoms with van der Waals surface area (Å²) in [7, 11) is 0. The summed E-state index contributed by atoms with van der Waals surface area (Å²) in [6.07, 6.45) is 2.32. The summed E-state index contributed by atoms with van der Waals surface area (Å²) in [4.78, 5) is 0. The molecule has 0 fully saturated rings. The SMILES string of the molecule is CCCc1ccc(OCCNc2ccc(C)cc2)cc1. The fourth-order valence-electron chi connectivity index (χ4n) is 2.08. The van der Waals surface area contributed by atoms with E-state index in [0.29, 0.717) is 6.61 Å². The molecule has 0 aliphatic rings. The van der Waals surface area contributed by atoms with Gasteiger partial charge in [0.15, 0.2) is 0 Å². The number of rotatable bonds is 7. The number of benzene rings is 2. The minimum absolute atomic E-state index is 0.668. The van der Waals surface area contributed by atoms with Crippen molar-refractivity contribution >= 4 is 5.69 Å². The van der Waals surface area contributed by atoms with Gasteiger partial charge in [0.05, 0.1) is 0 Å². The molecule has 0 heterocycles. The highest BCUT2D eigenvalue weighted by atomic mass is 16.5. The van der Waals surface area contributed by atoms with Gasteiger partial charge in [0.1, 0.15) is 12.4 Å². The number of hydrogen-bond donors (Lipinski definition) is 1. The topological polar surface area (TPSA) is 21.3 Å².